The summed E-state index contributed by atoms with van der Waals surface area (Å²) in [6.07, 6.45) is 1.45. The van der Waals surface area contributed by atoms with E-state index in [1.54, 1.807) is 35.4 Å². The molecule has 3 aromatic rings. The minimum Gasteiger partial charge on any atom is -0.478 e. The lowest BCUT2D eigenvalue weighted by atomic mass is 10.0. The maximum Gasteiger partial charge on any atom is 0.407 e. The van der Waals surface area contributed by atoms with E-state index in [1.807, 2.05) is 38.1 Å². The molecule has 0 bridgehead atoms. The molecule has 2 aliphatic rings. The number of aromatic amines is 1. The molecule has 210 valence electrons. The second-order valence-corrected chi connectivity index (χ2v) is 10.3. The molecule has 3 N–H and O–H groups in total. The van der Waals surface area contributed by atoms with Crippen LogP contribution in [0.3, 0.4) is 0 Å². The van der Waals surface area contributed by atoms with Gasteiger partial charge in [0.1, 0.15) is 11.9 Å². The average Bonchev–Trinajstić information content (AvgIpc) is 3.72. The Labute approximate surface area is 231 Å². The van der Waals surface area contributed by atoms with E-state index in [1.165, 1.54) is 7.11 Å². The SMILES string of the molecule is COC(=O)NC(C(=O)N1CC2(CC1c1ncc(-c3ccc(-c4ccc(C(=O)O)cc4)cc3)[nH]1)OCCO2)C(C)C. The quantitative estimate of drug-likeness (QED) is 0.404. The third-order valence-electron chi connectivity index (χ3n) is 7.35. The molecular formula is C29H32N4O7. The zero-order valence-electron chi connectivity index (χ0n) is 22.5. The van der Waals surface area contributed by atoms with E-state index in [4.69, 9.17) is 19.3 Å². The number of likely N-dealkylation sites (tertiary alicyclic amines) is 1. The Morgan fingerprint density at radius 2 is 1.65 bits per heavy atom. The smallest absolute Gasteiger partial charge is 0.407 e. The largest absolute Gasteiger partial charge is 0.478 e. The highest BCUT2D eigenvalue weighted by Gasteiger charge is 2.52. The normalized spacial score (nSPS) is 18.7. The van der Waals surface area contributed by atoms with Crippen LogP contribution in [0.5, 0.6) is 0 Å². The summed E-state index contributed by atoms with van der Waals surface area (Å²) in [5.41, 5.74) is 3.77. The molecule has 5 rings (SSSR count). The molecule has 2 amide bonds. The zero-order valence-corrected chi connectivity index (χ0v) is 22.5. The second-order valence-electron chi connectivity index (χ2n) is 10.3. The molecule has 2 aliphatic heterocycles. The van der Waals surface area contributed by atoms with E-state index in [0.717, 1.165) is 22.4 Å². The fraction of sp³-hybridized carbons (Fsp3) is 0.379. The summed E-state index contributed by atoms with van der Waals surface area (Å²) in [5, 5.41) is 11.8. The molecule has 2 saturated heterocycles. The van der Waals surface area contributed by atoms with Crippen molar-refractivity contribution in [3.05, 3.63) is 66.1 Å². The summed E-state index contributed by atoms with van der Waals surface area (Å²) in [6, 6.07) is 13.3. The molecule has 0 aliphatic carbocycles. The van der Waals surface area contributed by atoms with Gasteiger partial charge in [0.15, 0.2) is 5.79 Å². The van der Waals surface area contributed by atoms with Crippen LogP contribution in [0, 0.1) is 5.92 Å². The number of aromatic carboxylic acids is 1. The van der Waals surface area contributed by atoms with Gasteiger partial charge in [-0.1, -0.05) is 50.2 Å². The maximum absolute atomic E-state index is 13.7. The molecule has 0 radical (unpaired) electrons. The molecule has 2 fully saturated rings. The van der Waals surface area contributed by atoms with Gasteiger partial charge in [-0.3, -0.25) is 4.79 Å². The Morgan fingerprint density at radius 1 is 1.05 bits per heavy atom. The zero-order chi connectivity index (χ0) is 28.4. The predicted molar refractivity (Wildman–Crippen MR) is 144 cm³/mol. The first-order valence-electron chi connectivity index (χ1n) is 13.1. The number of rotatable bonds is 7. The standard InChI is InChI=1S/C29H32N4O7/c1-17(2)24(32-28(37)38-3)26(34)33-16-29(39-12-13-40-29)14-23(33)25-30-15-22(31-25)20-8-4-18(5-9-20)19-6-10-21(11-7-19)27(35)36/h4-11,15,17,23-24H,12-14,16H2,1-3H3,(H,30,31)(H,32,37)(H,35,36). The second kappa shape index (κ2) is 11.1. The first-order chi connectivity index (χ1) is 19.2. The van der Waals surface area contributed by atoms with Crippen LogP contribution in [0.15, 0.2) is 54.7 Å². The van der Waals surface area contributed by atoms with Crippen molar-refractivity contribution in [1.29, 1.82) is 0 Å². The molecule has 40 heavy (non-hydrogen) atoms. The predicted octanol–water partition coefficient (Wildman–Crippen LogP) is 3.84. The Hall–Kier alpha value is -4.22. The number of nitrogens with one attached hydrogen (secondary N) is 2. The van der Waals surface area contributed by atoms with Crippen LogP contribution < -0.4 is 5.32 Å². The molecule has 2 aromatic carbocycles. The molecular weight excluding hydrogens is 516 g/mol. The van der Waals surface area contributed by atoms with E-state index in [0.29, 0.717) is 25.5 Å². The van der Waals surface area contributed by atoms with Gasteiger partial charge in [-0.05, 0) is 34.7 Å². The number of hydrogen-bond donors (Lipinski definition) is 3. The lowest BCUT2D eigenvalue weighted by Crippen LogP contribution is -2.52. The first-order valence-corrected chi connectivity index (χ1v) is 13.1. The number of imidazole rings is 1. The number of carbonyl (C=O) groups excluding carboxylic acids is 2. The van der Waals surface area contributed by atoms with Crippen LogP contribution in [0.4, 0.5) is 4.79 Å². The van der Waals surface area contributed by atoms with Crippen LogP contribution in [-0.4, -0.2) is 76.6 Å². The molecule has 0 saturated carbocycles. The third kappa shape index (κ3) is 5.43. The third-order valence-corrected chi connectivity index (χ3v) is 7.35. The van der Waals surface area contributed by atoms with Crippen LogP contribution >= 0.6 is 0 Å². The number of H-pyrrole nitrogens is 1. The van der Waals surface area contributed by atoms with Gasteiger partial charge in [0, 0.05) is 6.42 Å². The number of aromatic nitrogens is 2. The first kappa shape index (κ1) is 27.4. The topological polar surface area (TPSA) is 143 Å². The molecule has 1 aromatic heterocycles. The van der Waals surface area contributed by atoms with Crippen molar-refractivity contribution in [3.63, 3.8) is 0 Å². The number of carboxylic acids is 1. The van der Waals surface area contributed by atoms with E-state index in [9.17, 15) is 14.4 Å². The van der Waals surface area contributed by atoms with Gasteiger partial charge in [0.25, 0.3) is 0 Å². The lowest BCUT2D eigenvalue weighted by molar-refractivity contribution is -0.153. The molecule has 2 atom stereocenters. The number of amides is 2. The summed E-state index contributed by atoms with van der Waals surface area (Å²) >= 11 is 0. The summed E-state index contributed by atoms with van der Waals surface area (Å²) in [4.78, 5) is 46.5. The highest BCUT2D eigenvalue weighted by Crippen LogP contribution is 2.42. The Bertz CT molecular complexity index is 1380. The van der Waals surface area contributed by atoms with Gasteiger partial charge in [-0.15, -0.1) is 0 Å². The number of ether oxygens (including phenoxy) is 3. The number of alkyl carbamates (subject to hydrolysis) is 1. The van der Waals surface area contributed by atoms with Crippen molar-refractivity contribution in [2.45, 2.75) is 38.1 Å². The average molecular weight is 549 g/mol. The van der Waals surface area contributed by atoms with Crippen LogP contribution in [0.2, 0.25) is 0 Å². The van der Waals surface area contributed by atoms with Crippen molar-refractivity contribution in [2.24, 2.45) is 5.92 Å². The van der Waals surface area contributed by atoms with Gasteiger partial charge in [0.05, 0.1) is 50.4 Å². The molecule has 1 spiro atoms. The van der Waals surface area contributed by atoms with Gasteiger partial charge < -0.3 is 34.5 Å². The summed E-state index contributed by atoms with van der Waals surface area (Å²) in [5.74, 6) is -1.74. The van der Waals surface area contributed by atoms with Crippen LogP contribution in [0.1, 0.15) is 42.5 Å². The van der Waals surface area contributed by atoms with Gasteiger partial charge in [-0.25, -0.2) is 14.6 Å². The summed E-state index contributed by atoms with van der Waals surface area (Å²) in [7, 11) is 1.26. The number of carboxylic acid groups (broad SMARTS) is 1. The van der Waals surface area contributed by atoms with E-state index in [-0.39, 0.29) is 23.9 Å². The monoisotopic (exact) mass is 548 g/mol. The lowest BCUT2D eigenvalue weighted by Gasteiger charge is -2.30. The van der Waals surface area contributed by atoms with Gasteiger partial charge in [-0.2, -0.15) is 0 Å². The molecule has 11 heteroatoms. The number of carbonyl (C=O) groups is 3. The van der Waals surface area contributed by atoms with Crippen molar-refractivity contribution in [3.8, 4) is 22.4 Å². The van der Waals surface area contributed by atoms with Gasteiger partial charge >= 0.3 is 12.1 Å². The molecule has 3 heterocycles. The van der Waals surface area contributed by atoms with E-state index >= 15 is 0 Å². The Kier molecular flexibility index (Phi) is 7.59. The maximum atomic E-state index is 13.7. The summed E-state index contributed by atoms with van der Waals surface area (Å²) in [6.45, 7) is 4.82. The van der Waals surface area contributed by atoms with Crippen molar-refractivity contribution >= 4 is 18.0 Å². The fourth-order valence-corrected chi connectivity index (χ4v) is 5.20. The number of hydrogen-bond acceptors (Lipinski definition) is 7. The fourth-order valence-electron chi connectivity index (χ4n) is 5.20. The molecule has 2 unspecified atom stereocenters. The van der Waals surface area contributed by atoms with Crippen molar-refractivity contribution in [1.82, 2.24) is 20.2 Å². The molecule has 11 nitrogen and oxygen atoms in total. The number of nitrogens with zero attached hydrogens (tertiary/aromatic N) is 2. The van der Waals surface area contributed by atoms with Crippen LogP contribution in [-0.2, 0) is 19.0 Å². The van der Waals surface area contributed by atoms with Crippen molar-refractivity contribution < 1.29 is 33.7 Å². The minimum atomic E-state index is -0.962. The van der Waals surface area contributed by atoms with Crippen molar-refractivity contribution in [2.75, 3.05) is 26.9 Å². The highest BCUT2D eigenvalue weighted by atomic mass is 16.7. The number of benzene rings is 2. The van der Waals surface area contributed by atoms with Gasteiger partial charge in [0.2, 0.25) is 5.91 Å². The Morgan fingerprint density at radius 3 is 2.23 bits per heavy atom. The number of methoxy groups -OCH3 is 1. The van der Waals surface area contributed by atoms with E-state index < -0.39 is 29.9 Å². The summed E-state index contributed by atoms with van der Waals surface area (Å²) < 4.78 is 16.6. The highest BCUT2D eigenvalue weighted by molar-refractivity contribution is 5.88. The Balaban J connectivity index is 1.38. The minimum absolute atomic E-state index is 0.180. The van der Waals surface area contributed by atoms with Crippen LogP contribution in [0.25, 0.3) is 22.4 Å². The van der Waals surface area contributed by atoms with E-state index in [2.05, 4.69) is 15.3 Å².